The molecule has 6 heteroatoms. The molecule has 3 aromatic rings. The van der Waals surface area contributed by atoms with E-state index in [1.807, 2.05) is 54.6 Å². The highest BCUT2D eigenvalue weighted by Crippen LogP contribution is 2.21. The van der Waals surface area contributed by atoms with Crippen LogP contribution in [-0.4, -0.2) is 25.1 Å². The molecule has 0 unspecified atom stereocenters. The van der Waals surface area contributed by atoms with Crippen LogP contribution in [0.2, 0.25) is 0 Å². The number of benzene rings is 3. The molecule has 3 rings (SSSR count). The highest BCUT2D eigenvalue weighted by molar-refractivity contribution is 5.94. The summed E-state index contributed by atoms with van der Waals surface area (Å²) in [6, 6.07) is 23.8. The van der Waals surface area contributed by atoms with Crippen LogP contribution in [0.25, 0.3) is 0 Å². The number of hydrogen-bond acceptors (Lipinski definition) is 5. The minimum atomic E-state index is -0.951. The Hall–Kier alpha value is -3.80. The number of carbonyl (C=O) groups excluding carboxylic acids is 2. The van der Waals surface area contributed by atoms with Crippen LogP contribution in [0.1, 0.15) is 28.4 Å². The van der Waals surface area contributed by atoms with Gasteiger partial charge in [0.25, 0.3) is 5.91 Å². The first-order valence-corrected chi connectivity index (χ1v) is 9.94. The molecule has 0 aliphatic carbocycles. The van der Waals surface area contributed by atoms with Crippen LogP contribution in [0.3, 0.4) is 0 Å². The quantitative estimate of drug-likeness (QED) is 0.528. The summed E-state index contributed by atoms with van der Waals surface area (Å²) in [7, 11) is 1.59. The summed E-state index contributed by atoms with van der Waals surface area (Å²) in [6.07, 6.45) is -0.951. The second-order valence-electron chi connectivity index (χ2n) is 6.88. The summed E-state index contributed by atoms with van der Waals surface area (Å²) >= 11 is 0. The molecule has 0 bridgehead atoms. The molecule has 0 fully saturated rings. The Labute approximate surface area is 181 Å². The summed E-state index contributed by atoms with van der Waals surface area (Å²) in [5.41, 5.74) is 2.16. The van der Waals surface area contributed by atoms with Crippen LogP contribution >= 0.6 is 0 Å². The molecule has 31 heavy (non-hydrogen) atoms. The van der Waals surface area contributed by atoms with Crippen molar-refractivity contribution in [2.45, 2.75) is 26.2 Å². The Kier molecular flexibility index (Phi) is 7.65. The average molecular weight is 419 g/mol. The van der Waals surface area contributed by atoms with Crippen molar-refractivity contribution in [3.8, 4) is 11.5 Å². The monoisotopic (exact) mass is 419 g/mol. The molecule has 0 aliphatic heterocycles. The van der Waals surface area contributed by atoms with Crippen molar-refractivity contribution in [1.29, 1.82) is 0 Å². The lowest BCUT2D eigenvalue weighted by atomic mass is 10.2. The average Bonchev–Trinajstić information content (AvgIpc) is 2.82. The zero-order valence-corrected chi connectivity index (χ0v) is 17.5. The fourth-order valence-corrected chi connectivity index (χ4v) is 2.85. The first kappa shape index (κ1) is 21.9. The van der Waals surface area contributed by atoms with E-state index in [9.17, 15) is 9.59 Å². The van der Waals surface area contributed by atoms with Gasteiger partial charge in [0.1, 0.15) is 23.7 Å². The Bertz CT molecular complexity index is 1000. The van der Waals surface area contributed by atoms with Crippen molar-refractivity contribution >= 4 is 11.9 Å². The largest absolute Gasteiger partial charge is 0.497 e. The van der Waals surface area contributed by atoms with Crippen LogP contribution in [0.4, 0.5) is 0 Å². The third kappa shape index (κ3) is 6.34. The molecule has 0 heterocycles. The molecular weight excluding hydrogens is 394 g/mol. The lowest BCUT2D eigenvalue weighted by molar-refractivity contribution is -0.129. The van der Waals surface area contributed by atoms with Gasteiger partial charge in [-0.25, -0.2) is 4.79 Å². The van der Waals surface area contributed by atoms with E-state index in [1.165, 1.54) is 6.92 Å². The predicted octanol–water partition coefficient (Wildman–Crippen LogP) is 4.14. The van der Waals surface area contributed by atoms with E-state index in [0.29, 0.717) is 18.9 Å². The molecule has 0 aromatic heterocycles. The highest BCUT2D eigenvalue weighted by Gasteiger charge is 2.21. The molecule has 3 aromatic carbocycles. The number of para-hydroxylation sites is 1. The number of methoxy groups -OCH3 is 1. The SMILES string of the molecule is COc1ccc(CNC(=O)[C@@H](C)OC(=O)c2ccccc2OCc2ccccc2)cc1. The van der Waals surface area contributed by atoms with Gasteiger partial charge in [-0.15, -0.1) is 0 Å². The molecule has 0 aliphatic rings. The maximum atomic E-state index is 12.6. The zero-order valence-electron chi connectivity index (χ0n) is 17.5. The molecule has 0 radical (unpaired) electrons. The summed E-state index contributed by atoms with van der Waals surface area (Å²) in [6.45, 7) is 2.18. The van der Waals surface area contributed by atoms with Crippen molar-refractivity contribution in [2.75, 3.05) is 7.11 Å². The van der Waals surface area contributed by atoms with Crippen LogP contribution in [0.15, 0.2) is 78.9 Å². The number of rotatable bonds is 9. The Balaban J connectivity index is 1.55. The molecule has 0 spiro atoms. The topological polar surface area (TPSA) is 73.9 Å². The lowest BCUT2D eigenvalue weighted by Crippen LogP contribution is -2.35. The van der Waals surface area contributed by atoms with Crippen molar-refractivity contribution in [3.05, 3.63) is 95.6 Å². The molecule has 1 N–H and O–H groups in total. The number of ether oxygens (including phenoxy) is 3. The molecule has 6 nitrogen and oxygen atoms in total. The van der Waals surface area contributed by atoms with Crippen LogP contribution in [0.5, 0.6) is 11.5 Å². The Morgan fingerprint density at radius 1 is 0.871 bits per heavy atom. The van der Waals surface area contributed by atoms with Gasteiger partial charge in [-0.1, -0.05) is 54.6 Å². The normalized spacial score (nSPS) is 11.3. The van der Waals surface area contributed by atoms with Gasteiger partial charge in [-0.2, -0.15) is 0 Å². The third-order valence-corrected chi connectivity index (χ3v) is 4.62. The number of hydrogen-bond donors (Lipinski definition) is 1. The van der Waals surface area contributed by atoms with Crippen molar-refractivity contribution < 1.29 is 23.8 Å². The van der Waals surface area contributed by atoms with Gasteiger partial charge in [0.05, 0.1) is 7.11 Å². The standard InChI is InChI=1S/C25H25NO5/c1-18(24(27)26-16-19-12-14-21(29-2)15-13-19)31-25(28)22-10-6-7-11-23(22)30-17-20-8-4-3-5-9-20/h3-15,18H,16-17H2,1-2H3,(H,26,27)/t18-/m1/s1. The molecule has 0 saturated heterocycles. The molecule has 0 saturated carbocycles. The van der Waals surface area contributed by atoms with Gasteiger partial charge in [-0.3, -0.25) is 4.79 Å². The van der Waals surface area contributed by atoms with Gasteiger partial charge in [-0.05, 0) is 42.3 Å². The van der Waals surface area contributed by atoms with Gasteiger partial charge in [0.15, 0.2) is 6.10 Å². The van der Waals surface area contributed by atoms with E-state index in [1.54, 1.807) is 31.4 Å². The number of carbonyl (C=O) groups is 2. The molecular formula is C25H25NO5. The van der Waals surface area contributed by atoms with Gasteiger partial charge >= 0.3 is 5.97 Å². The highest BCUT2D eigenvalue weighted by atomic mass is 16.5. The van der Waals surface area contributed by atoms with E-state index in [-0.39, 0.29) is 11.5 Å². The maximum Gasteiger partial charge on any atom is 0.342 e. The van der Waals surface area contributed by atoms with E-state index in [2.05, 4.69) is 5.32 Å². The summed E-state index contributed by atoms with van der Waals surface area (Å²) < 4.78 is 16.3. The fourth-order valence-electron chi connectivity index (χ4n) is 2.85. The zero-order chi connectivity index (χ0) is 22.1. The number of amides is 1. The number of nitrogens with one attached hydrogen (secondary N) is 1. The van der Waals surface area contributed by atoms with Gasteiger partial charge < -0.3 is 19.5 Å². The summed E-state index contributed by atoms with van der Waals surface area (Å²) in [4.78, 5) is 25.0. The summed E-state index contributed by atoms with van der Waals surface area (Å²) in [5, 5.41) is 2.77. The maximum absolute atomic E-state index is 12.6. The number of esters is 1. The second kappa shape index (κ2) is 10.8. The van der Waals surface area contributed by atoms with Crippen molar-refractivity contribution in [1.82, 2.24) is 5.32 Å². The van der Waals surface area contributed by atoms with Crippen LogP contribution in [-0.2, 0) is 22.7 Å². The van der Waals surface area contributed by atoms with Gasteiger partial charge in [0, 0.05) is 6.54 Å². The minimum absolute atomic E-state index is 0.272. The third-order valence-electron chi connectivity index (χ3n) is 4.62. The van der Waals surface area contributed by atoms with Crippen molar-refractivity contribution in [3.63, 3.8) is 0 Å². The summed E-state index contributed by atoms with van der Waals surface area (Å²) in [5.74, 6) is 0.148. The predicted molar refractivity (Wildman–Crippen MR) is 117 cm³/mol. The Morgan fingerprint density at radius 3 is 2.26 bits per heavy atom. The van der Waals surface area contributed by atoms with Crippen LogP contribution in [0, 0.1) is 0 Å². The van der Waals surface area contributed by atoms with Gasteiger partial charge in [0.2, 0.25) is 0 Å². The Morgan fingerprint density at radius 2 is 1.55 bits per heavy atom. The molecule has 160 valence electrons. The minimum Gasteiger partial charge on any atom is -0.497 e. The first-order chi connectivity index (χ1) is 15.1. The smallest absolute Gasteiger partial charge is 0.342 e. The first-order valence-electron chi connectivity index (χ1n) is 9.94. The van der Waals surface area contributed by atoms with E-state index >= 15 is 0 Å². The van der Waals surface area contributed by atoms with E-state index in [4.69, 9.17) is 14.2 Å². The molecule has 1 amide bonds. The van der Waals surface area contributed by atoms with E-state index in [0.717, 1.165) is 16.9 Å². The van der Waals surface area contributed by atoms with E-state index < -0.39 is 12.1 Å². The molecule has 1 atom stereocenters. The second-order valence-corrected chi connectivity index (χ2v) is 6.88. The fraction of sp³-hybridized carbons (Fsp3) is 0.200. The van der Waals surface area contributed by atoms with Crippen LogP contribution < -0.4 is 14.8 Å². The van der Waals surface area contributed by atoms with Crippen molar-refractivity contribution in [2.24, 2.45) is 0 Å². The lowest BCUT2D eigenvalue weighted by Gasteiger charge is -2.15.